The molecule has 0 aliphatic rings. The van der Waals surface area contributed by atoms with Gasteiger partial charge in [0.1, 0.15) is 0 Å². The predicted octanol–water partition coefficient (Wildman–Crippen LogP) is -0.221. The molecule has 0 nitrogen and oxygen atoms in total. The molecule has 0 bridgehead atoms. The number of hydrogen-bond donors (Lipinski definition) is 0. The smallest absolute Gasteiger partial charge is 0.0936 e. The van der Waals surface area contributed by atoms with Crippen LogP contribution in [0.2, 0.25) is 0 Å². The van der Waals surface area contributed by atoms with Gasteiger partial charge in [0, 0.05) is 7.26 Å². The number of halogens is 1. The van der Waals surface area contributed by atoms with E-state index in [2.05, 4.69) is 50.2 Å². The summed E-state index contributed by atoms with van der Waals surface area (Å²) in [5.41, 5.74) is 0. The van der Waals surface area contributed by atoms with E-state index >= 15 is 0 Å². The second-order valence-electron chi connectivity index (χ2n) is 3.49. The summed E-state index contributed by atoms with van der Waals surface area (Å²) in [7, 11) is -0.913. The highest BCUT2D eigenvalue weighted by Crippen LogP contribution is 2.49. The van der Waals surface area contributed by atoms with Gasteiger partial charge in [-0.05, 0) is 12.1 Å². The topological polar surface area (TPSA) is 0 Å². The van der Waals surface area contributed by atoms with E-state index in [4.69, 9.17) is 0 Å². The van der Waals surface area contributed by atoms with Gasteiger partial charge in [-0.1, -0.05) is 30.9 Å². The molecule has 1 aromatic rings. The van der Waals surface area contributed by atoms with Crippen molar-refractivity contribution in [1.29, 1.82) is 0 Å². The molecule has 0 saturated carbocycles. The molecular weight excluding hydrogens is 243 g/mol. The average molecular weight is 259 g/mol. The highest BCUT2D eigenvalue weighted by Gasteiger charge is 2.25. The van der Waals surface area contributed by atoms with Crippen molar-refractivity contribution in [3.63, 3.8) is 0 Å². The molecule has 13 heavy (non-hydrogen) atoms. The summed E-state index contributed by atoms with van der Waals surface area (Å²) in [4.78, 5) is 0. The van der Waals surface area contributed by atoms with Crippen molar-refractivity contribution in [3.8, 4) is 0 Å². The van der Waals surface area contributed by atoms with Gasteiger partial charge < -0.3 is 17.0 Å². The van der Waals surface area contributed by atoms with E-state index in [-0.39, 0.29) is 17.0 Å². The Bertz CT molecular complexity index is 254. The Balaban J connectivity index is 0.00000144. The fourth-order valence-corrected chi connectivity index (χ4v) is 3.10. The van der Waals surface area contributed by atoms with Crippen molar-refractivity contribution in [1.82, 2.24) is 0 Å². The van der Waals surface area contributed by atoms with E-state index in [1.807, 2.05) is 6.08 Å². The van der Waals surface area contributed by atoms with Gasteiger partial charge in [0.15, 0.2) is 0 Å². The van der Waals surface area contributed by atoms with Gasteiger partial charge in [0.05, 0.1) is 24.8 Å². The van der Waals surface area contributed by atoms with E-state index in [0.29, 0.717) is 0 Å². The lowest BCUT2D eigenvalue weighted by molar-refractivity contribution is -0.00000262. The van der Waals surface area contributed by atoms with E-state index in [1.54, 1.807) is 0 Å². The normalized spacial score (nSPS) is 10.3. The standard InChI is InChI=1S/C11H16P.BrH/c1-4-10-12(2,3)11-8-6-5-7-9-11;/h4-9H,1,10H2,2-3H3;1H/q+1;/p-1. The average Bonchev–Trinajstić information content (AvgIpc) is 2.06. The molecule has 0 radical (unpaired) electrons. The highest BCUT2D eigenvalue weighted by molar-refractivity contribution is 7.81. The Morgan fingerprint density at radius 3 is 2.23 bits per heavy atom. The van der Waals surface area contributed by atoms with Crippen LogP contribution in [-0.4, -0.2) is 19.5 Å². The van der Waals surface area contributed by atoms with Crippen LogP contribution in [0.4, 0.5) is 0 Å². The highest BCUT2D eigenvalue weighted by atomic mass is 79.9. The Morgan fingerprint density at radius 2 is 1.77 bits per heavy atom. The molecule has 1 rings (SSSR count). The van der Waals surface area contributed by atoms with Crippen molar-refractivity contribution in [2.24, 2.45) is 0 Å². The van der Waals surface area contributed by atoms with E-state index in [9.17, 15) is 0 Å². The van der Waals surface area contributed by atoms with Gasteiger partial charge in [0.25, 0.3) is 0 Å². The lowest BCUT2D eigenvalue weighted by Crippen LogP contribution is -3.00. The van der Waals surface area contributed by atoms with Gasteiger partial charge in [-0.15, -0.1) is 0 Å². The molecule has 2 heteroatoms. The molecule has 1 aromatic carbocycles. The summed E-state index contributed by atoms with van der Waals surface area (Å²) >= 11 is 0. The molecule has 0 fully saturated rings. The molecule has 0 amide bonds. The van der Waals surface area contributed by atoms with Crippen molar-refractivity contribution in [2.75, 3.05) is 19.5 Å². The first-order valence-electron chi connectivity index (χ1n) is 4.16. The van der Waals surface area contributed by atoms with E-state index in [1.165, 1.54) is 5.30 Å². The first kappa shape index (κ1) is 12.9. The third-order valence-corrected chi connectivity index (χ3v) is 4.91. The van der Waals surface area contributed by atoms with E-state index < -0.39 is 7.26 Å². The molecule has 72 valence electrons. The van der Waals surface area contributed by atoms with Crippen LogP contribution in [0.1, 0.15) is 0 Å². The van der Waals surface area contributed by atoms with E-state index in [0.717, 1.165) is 6.16 Å². The van der Waals surface area contributed by atoms with Crippen molar-refractivity contribution in [2.45, 2.75) is 0 Å². The first-order chi connectivity index (χ1) is 5.67. The van der Waals surface area contributed by atoms with Crippen LogP contribution < -0.4 is 22.3 Å². The maximum atomic E-state index is 3.80. The number of rotatable bonds is 3. The van der Waals surface area contributed by atoms with Gasteiger partial charge >= 0.3 is 0 Å². The molecule has 0 unspecified atom stereocenters. The van der Waals surface area contributed by atoms with Gasteiger partial charge in [0.2, 0.25) is 0 Å². The summed E-state index contributed by atoms with van der Waals surface area (Å²) in [5, 5.41) is 1.49. The largest absolute Gasteiger partial charge is 1.00 e. The third-order valence-electron chi connectivity index (χ3n) is 2.04. The Labute approximate surface area is 92.2 Å². The van der Waals surface area contributed by atoms with Crippen LogP contribution >= 0.6 is 7.26 Å². The molecule has 0 atom stereocenters. The monoisotopic (exact) mass is 258 g/mol. The predicted molar refractivity (Wildman–Crippen MR) is 59.9 cm³/mol. The van der Waals surface area contributed by atoms with Crippen LogP contribution in [0.25, 0.3) is 0 Å². The van der Waals surface area contributed by atoms with Crippen LogP contribution in [0, 0.1) is 0 Å². The molecule has 0 saturated heterocycles. The number of benzene rings is 1. The molecule has 0 aliphatic heterocycles. The SMILES string of the molecule is C=CC[P+](C)(C)c1ccccc1.[Br-]. The Morgan fingerprint density at radius 1 is 1.23 bits per heavy atom. The van der Waals surface area contributed by atoms with Crippen molar-refractivity contribution >= 4 is 12.6 Å². The summed E-state index contributed by atoms with van der Waals surface area (Å²) in [6.07, 6.45) is 3.16. The molecule has 0 heterocycles. The minimum atomic E-state index is -0.913. The van der Waals surface area contributed by atoms with Gasteiger partial charge in [-0.3, -0.25) is 0 Å². The second kappa shape index (κ2) is 5.57. The lowest BCUT2D eigenvalue weighted by Gasteiger charge is -2.15. The van der Waals surface area contributed by atoms with Gasteiger partial charge in [-0.2, -0.15) is 0 Å². The summed E-state index contributed by atoms with van der Waals surface area (Å²) in [6.45, 7) is 8.50. The maximum Gasteiger partial charge on any atom is 0.0936 e. The van der Waals surface area contributed by atoms with Gasteiger partial charge in [-0.25, -0.2) is 0 Å². The van der Waals surface area contributed by atoms with Crippen LogP contribution in [-0.2, 0) is 0 Å². The fourth-order valence-electron chi connectivity index (χ4n) is 1.26. The number of allylic oxidation sites excluding steroid dienone is 1. The van der Waals surface area contributed by atoms with Crippen LogP contribution in [0.5, 0.6) is 0 Å². The third kappa shape index (κ3) is 3.62. The minimum Gasteiger partial charge on any atom is -1.00 e. The second-order valence-corrected chi connectivity index (χ2v) is 7.74. The summed E-state index contributed by atoms with van der Waals surface area (Å²) < 4.78 is 0. The Hall–Kier alpha value is -0.130. The fraction of sp³-hybridized carbons (Fsp3) is 0.273. The summed E-state index contributed by atoms with van der Waals surface area (Å²) in [6, 6.07) is 10.7. The number of hydrogen-bond acceptors (Lipinski definition) is 0. The molecule has 0 spiro atoms. The molecule has 0 aliphatic carbocycles. The maximum absolute atomic E-state index is 3.80. The first-order valence-corrected chi connectivity index (χ1v) is 7.03. The summed E-state index contributed by atoms with van der Waals surface area (Å²) in [5.74, 6) is 0. The lowest BCUT2D eigenvalue weighted by atomic mass is 10.4. The van der Waals surface area contributed by atoms with Crippen molar-refractivity contribution < 1.29 is 17.0 Å². The molecule has 0 N–H and O–H groups in total. The van der Waals surface area contributed by atoms with Crippen molar-refractivity contribution in [3.05, 3.63) is 43.0 Å². The minimum absolute atomic E-state index is 0. The zero-order chi connectivity index (χ0) is 9.03. The quantitative estimate of drug-likeness (QED) is 0.520. The zero-order valence-corrected chi connectivity index (χ0v) is 10.7. The molecular formula is C11H16BrP. The van der Waals surface area contributed by atoms with Crippen LogP contribution in [0.15, 0.2) is 43.0 Å². The Kier molecular flexibility index (Phi) is 5.51. The zero-order valence-electron chi connectivity index (χ0n) is 8.20. The molecule has 0 aromatic heterocycles. The van der Waals surface area contributed by atoms with Crippen LogP contribution in [0.3, 0.4) is 0 Å².